The molecule has 0 aliphatic carbocycles. The van der Waals surface area contributed by atoms with Gasteiger partial charge in [0.15, 0.2) is 0 Å². The van der Waals surface area contributed by atoms with Gasteiger partial charge in [-0.3, -0.25) is 0 Å². The smallest absolute Gasteiger partial charge is 0 e. The average molecular weight is 375 g/mol. The second-order valence-electron chi connectivity index (χ2n) is 0. The SMILES string of the molecule is CP.[U].[Y]. The van der Waals surface area contributed by atoms with Crippen molar-refractivity contribution in [2.75, 3.05) is 6.66 Å². The van der Waals surface area contributed by atoms with Gasteiger partial charge in [-0.2, -0.15) is 0 Å². The van der Waals surface area contributed by atoms with Crippen molar-refractivity contribution in [2.45, 2.75) is 0 Å². The van der Waals surface area contributed by atoms with E-state index in [1.54, 1.807) is 0 Å². The molecular weight excluding hydrogens is 370 g/mol. The Morgan fingerprint density at radius 2 is 1.25 bits per heavy atom. The van der Waals surface area contributed by atoms with E-state index < -0.39 is 0 Å². The zero-order valence-electron chi connectivity index (χ0n) is 2.65. The van der Waals surface area contributed by atoms with Gasteiger partial charge in [0.05, 0.1) is 0 Å². The Balaban J connectivity index is -0.00000000500. The molecule has 0 spiro atoms. The van der Waals surface area contributed by atoms with Crippen LogP contribution in [0.2, 0.25) is 0 Å². The van der Waals surface area contributed by atoms with Gasteiger partial charge >= 0.3 is 0 Å². The Kier molecular flexibility index (Phi) is 70.2. The van der Waals surface area contributed by atoms with Crippen LogP contribution in [0.15, 0.2) is 0 Å². The molecular formula is CH5PUY. The van der Waals surface area contributed by atoms with Crippen LogP contribution in [0, 0.1) is 31.1 Å². The van der Waals surface area contributed by atoms with Crippen molar-refractivity contribution in [3.05, 3.63) is 0 Å². The van der Waals surface area contributed by atoms with E-state index in [1.165, 1.54) is 0 Å². The molecule has 0 fully saturated rings. The third-order valence-electron chi connectivity index (χ3n) is 0. The Hall–Kier alpha value is 2.59. The summed E-state index contributed by atoms with van der Waals surface area (Å²) < 4.78 is 0. The van der Waals surface area contributed by atoms with Crippen LogP contribution in [0.3, 0.4) is 0 Å². The van der Waals surface area contributed by atoms with E-state index in [1.807, 2.05) is 6.66 Å². The van der Waals surface area contributed by atoms with Crippen LogP contribution in [0.1, 0.15) is 0 Å². The molecule has 1 radical (unpaired) electrons. The first-order valence-electron chi connectivity index (χ1n) is 0.577. The minimum Gasteiger partial charge on any atom is -0.141 e. The molecule has 1 atom stereocenters. The van der Waals surface area contributed by atoms with Crippen LogP contribution in [-0.4, -0.2) is 6.66 Å². The summed E-state index contributed by atoms with van der Waals surface area (Å²) in [7, 11) is 2.42. The maximum absolute atomic E-state index is 2.42. The topological polar surface area (TPSA) is 0 Å². The molecule has 4 heavy (non-hydrogen) atoms. The Morgan fingerprint density at radius 1 is 1.25 bits per heavy atom. The van der Waals surface area contributed by atoms with E-state index in [0.29, 0.717) is 0 Å². The molecule has 0 nitrogen and oxygen atoms in total. The summed E-state index contributed by atoms with van der Waals surface area (Å²) in [6, 6.07) is 0. The van der Waals surface area contributed by atoms with E-state index in [0.717, 1.165) is 0 Å². The normalized spacial score (nSPS) is 1.50. The zero-order valence-corrected chi connectivity index (χ0v) is 10.8. The monoisotopic (exact) mass is 375 g/mol. The van der Waals surface area contributed by atoms with Gasteiger partial charge < -0.3 is 0 Å². The number of hydrogen-bond acceptors (Lipinski definition) is 0. The predicted molar refractivity (Wildman–Crippen MR) is 15.6 cm³/mol. The van der Waals surface area contributed by atoms with Crippen LogP contribution in [-0.2, 0) is 32.7 Å². The standard InChI is InChI=1S/CH5P.U.Y/c1-2;;/h2H2,1H3;;. The van der Waals surface area contributed by atoms with E-state index in [4.69, 9.17) is 0 Å². The van der Waals surface area contributed by atoms with E-state index >= 15 is 0 Å². The van der Waals surface area contributed by atoms with Gasteiger partial charge in [-0.1, -0.05) is 6.66 Å². The summed E-state index contributed by atoms with van der Waals surface area (Å²) in [5.74, 6) is 0. The molecule has 0 rings (SSSR count). The molecule has 21 valence electrons. The fourth-order valence-corrected chi connectivity index (χ4v) is 0. The summed E-state index contributed by atoms with van der Waals surface area (Å²) in [5, 5.41) is 0. The van der Waals surface area contributed by atoms with Crippen molar-refractivity contribution in [3.8, 4) is 0 Å². The maximum Gasteiger partial charge on any atom is 0 e. The molecule has 0 aliphatic heterocycles. The van der Waals surface area contributed by atoms with Crippen LogP contribution in [0.25, 0.3) is 0 Å². The third-order valence-corrected chi connectivity index (χ3v) is 0. The van der Waals surface area contributed by atoms with Gasteiger partial charge in [-0.05, 0) is 0 Å². The number of hydrogen-bond donors (Lipinski definition) is 0. The average Bonchev–Trinajstić information content (AvgIpc) is 1.00. The minimum absolute atomic E-state index is 0. The molecule has 0 saturated heterocycles. The van der Waals surface area contributed by atoms with Crippen molar-refractivity contribution in [1.82, 2.24) is 0 Å². The molecule has 0 aromatic heterocycles. The van der Waals surface area contributed by atoms with Crippen molar-refractivity contribution in [1.29, 1.82) is 0 Å². The molecule has 0 aromatic carbocycles. The maximum atomic E-state index is 2.42. The summed E-state index contributed by atoms with van der Waals surface area (Å²) in [5.41, 5.74) is 0. The molecule has 0 heterocycles. The predicted octanol–water partition coefficient (Wildman–Crippen LogP) is 0.489. The van der Waals surface area contributed by atoms with Crippen molar-refractivity contribution in [3.63, 3.8) is 0 Å². The van der Waals surface area contributed by atoms with E-state index in [-0.39, 0.29) is 63.8 Å². The van der Waals surface area contributed by atoms with E-state index in [9.17, 15) is 0 Å². The second-order valence-corrected chi connectivity index (χ2v) is 0. The minimum atomic E-state index is 0. The van der Waals surface area contributed by atoms with Crippen LogP contribution in [0.4, 0.5) is 0 Å². The number of rotatable bonds is 0. The van der Waals surface area contributed by atoms with Crippen molar-refractivity contribution in [2.24, 2.45) is 0 Å². The summed E-state index contributed by atoms with van der Waals surface area (Å²) >= 11 is 0. The summed E-state index contributed by atoms with van der Waals surface area (Å²) in [6.45, 7) is 1.92. The first-order chi connectivity index (χ1) is 1.00. The molecule has 0 bridgehead atoms. The molecule has 0 amide bonds. The van der Waals surface area contributed by atoms with Crippen LogP contribution in [0.5, 0.6) is 0 Å². The van der Waals surface area contributed by atoms with Crippen LogP contribution < -0.4 is 0 Å². The van der Waals surface area contributed by atoms with Gasteiger partial charge in [-0.25, -0.2) is 0 Å². The van der Waals surface area contributed by atoms with Crippen molar-refractivity contribution >= 4 is 9.24 Å². The fraction of sp³-hybridized carbons (Fsp3) is 1.00. The summed E-state index contributed by atoms with van der Waals surface area (Å²) in [4.78, 5) is 0. The quantitative estimate of drug-likeness (QED) is 0.541. The third kappa shape index (κ3) is 8.82. The van der Waals surface area contributed by atoms with Gasteiger partial charge in [0, 0.05) is 63.8 Å². The zero-order chi connectivity index (χ0) is 2.00. The van der Waals surface area contributed by atoms with Gasteiger partial charge in [0.25, 0.3) is 0 Å². The summed E-state index contributed by atoms with van der Waals surface area (Å²) in [6.07, 6.45) is 0. The van der Waals surface area contributed by atoms with E-state index in [2.05, 4.69) is 9.24 Å². The molecule has 3 heteroatoms. The molecule has 0 aliphatic rings. The molecule has 1 unspecified atom stereocenters. The molecule has 0 N–H and O–H groups in total. The molecule has 0 aromatic rings. The van der Waals surface area contributed by atoms with Gasteiger partial charge in [0.2, 0.25) is 0 Å². The Bertz CT molecular complexity index is 8.00. The van der Waals surface area contributed by atoms with Gasteiger partial charge in [0.1, 0.15) is 0 Å². The Labute approximate surface area is 78.3 Å². The van der Waals surface area contributed by atoms with Gasteiger partial charge in [-0.15, -0.1) is 9.24 Å². The van der Waals surface area contributed by atoms with Crippen molar-refractivity contribution < 1.29 is 63.8 Å². The first-order valence-corrected chi connectivity index (χ1v) is 1.73. The Morgan fingerprint density at radius 3 is 1.25 bits per heavy atom. The molecule has 0 saturated carbocycles. The largest absolute Gasteiger partial charge is 0.141 e. The fourth-order valence-electron chi connectivity index (χ4n) is 0. The second kappa shape index (κ2) is 17.6. The van der Waals surface area contributed by atoms with Crippen LogP contribution >= 0.6 is 9.24 Å². The first kappa shape index (κ1) is 16.0.